The molecule has 0 fully saturated rings. The summed E-state index contributed by atoms with van der Waals surface area (Å²) in [5.41, 5.74) is 1.85. The smallest absolute Gasteiger partial charge is 0.175 e. The van der Waals surface area contributed by atoms with Crippen LogP contribution in [0.3, 0.4) is 0 Å². The van der Waals surface area contributed by atoms with E-state index in [9.17, 15) is 8.42 Å². The van der Waals surface area contributed by atoms with Gasteiger partial charge in [0.25, 0.3) is 0 Å². The second kappa shape index (κ2) is 4.67. The molecular weight excluding hydrogens is 238 g/mol. The highest BCUT2D eigenvalue weighted by Gasteiger charge is 2.07. The predicted molar refractivity (Wildman–Crippen MR) is 63.3 cm³/mol. The third-order valence-electron chi connectivity index (χ3n) is 2.46. The van der Waals surface area contributed by atoms with E-state index >= 15 is 0 Å². The lowest BCUT2D eigenvalue weighted by molar-refractivity contribution is 0.601. The van der Waals surface area contributed by atoms with Crippen LogP contribution in [-0.2, 0) is 22.7 Å². The first kappa shape index (κ1) is 11.8. The molecule has 0 saturated carbocycles. The van der Waals surface area contributed by atoms with Gasteiger partial charge < -0.3 is 0 Å². The molecule has 0 aliphatic rings. The van der Waals surface area contributed by atoms with Crippen molar-refractivity contribution in [3.63, 3.8) is 0 Å². The van der Waals surface area contributed by atoms with Crippen molar-refractivity contribution in [3.8, 4) is 0 Å². The van der Waals surface area contributed by atoms with Crippen LogP contribution < -0.4 is 0 Å². The molecule has 1 heterocycles. The molecule has 0 atom stereocenters. The largest absolute Gasteiger partial charge is 0.224 e. The standard InChI is InChI=1S/C11H13N3O2S/c1-17(15,16)11-4-2-3-9(7-11)5-6-10-8-12-14-13-10/h2-4,7-8H,5-6H2,1H3,(H,12,13,14). The Labute approximate surface area is 99.8 Å². The van der Waals surface area contributed by atoms with Gasteiger partial charge in [0.05, 0.1) is 16.8 Å². The molecule has 0 bridgehead atoms. The first-order chi connectivity index (χ1) is 8.05. The van der Waals surface area contributed by atoms with Crippen LogP contribution in [0.4, 0.5) is 0 Å². The molecule has 2 rings (SSSR count). The van der Waals surface area contributed by atoms with Gasteiger partial charge >= 0.3 is 0 Å². The average molecular weight is 251 g/mol. The van der Waals surface area contributed by atoms with Gasteiger partial charge in [0.2, 0.25) is 0 Å². The molecule has 1 N–H and O–H groups in total. The number of benzene rings is 1. The highest BCUT2D eigenvalue weighted by molar-refractivity contribution is 7.90. The Morgan fingerprint density at radius 1 is 1.29 bits per heavy atom. The summed E-state index contributed by atoms with van der Waals surface area (Å²) < 4.78 is 22.8. The highest BCUT2D eigenvalue weighted by atomic mass is 32.2. The summed E-state index contributed by atoms with van der Waals surface area (Å²) in [5.74, 6) is 0. The number of aryl methyl sites for hydroxylation is 2. The Hall–Kier alpha value is -1.69. The molecule has 6 heteroatoms. The molecule has 0 radical (unpaired) electrons. The number of nitrogens with zero attached hydrogens (tertiary/aromatic N) is 2. The number of hydrogen-bond acceptors (Lipinski definition) is 4. The van der Waals surface area contributed by atoms with E-state index in [0.717, 1.165) is 24.1 Å². The van der Waals surface area contributed by atoms with Gasteiger partial charge in [0.1, 0.15) is 0 Å². The zero-order valence-electron chi connectivity index (χ0n) is 9.42. The van der Waals surface area contributed by atoms with Gasteiger partial charge in [-0.15, -0.1) is 0 Å². The van der Waals surface area contributed by atoms with Crippen LogP contribution >= 0.6 is 0 Å². The molecule has 17 heavy (non-hydrogen) atoms. The van der Waals surface area contributed by atoms with E-state index in [4.69, 9.17) is 0 Å². The molecule has 1 aromatic heterocycles. The average Bonchev–Trinajstić information content (AvgIpc) is 2.78. The number of sulfone groups is 1. The SMILES string of the molecule is CS(=O)(=O)c1cccc(CCc2cn[nH]n2)c1. The molecule has 90 valence electrons. The van der Waals surface area contributed by atoms with E-state index < -0.39 is 9.84 Å². The van der Waals surface area contributed by atoms with Crippen molar-refractivity contribution in [1.29, 1.82) is 0 Å². The fraction of sp³-hybridized carbons (Fsp3) is 0.273. The fourth-order valence-corrected chi connectivity index (χ4v) is 2.24. The van der Waals surface area contributed by atoms with E-state index in [0.29, 0.717) is 4.90 Å². The molecule has 5 nitrogen and oxygen atoms in total. The highest BCUT2D eigenvalue weighted by Crippen LogP contribution is 2.12. The monoisotopic (exact) mass is 251 g/mol. The Balaban J connectivity index is 2.12. The Bertz CT molecular complexity index is 591. The molecule has 0 spiro atoms. The normalized spacial score (nSPS) is 11.6. The van der Waals surface area contributed by atoms with Crippen molar-refractivity contribution in [3.05, 3.63) is 41.7 Å². The molecule has 0 unspecified atom stereocenters. The summed E-state index contributed by atoms with van der Waals surface area (Å²) in [6.07, 6.45) is 4.36. The summed E-state index contributed by atoms with van der Waals surface area (Å²) in [5, 5.41) is 10.2. The van der Waals surface area contributed by atoms with E-state index in [1.807, 2.05) is 6.07 Å². The number of nitrogens with one attached hydrogen (secondary N) is 1. The number of hydrogen-bond donors (Lipinski definition) is 1. The van der Waals surface area contributed by atoms with Crippen molar-refractivity contribution < 1.29 is 8.42 Å². The quantitative estimate of drug-likeness (QED) is 0.879. The first-order valence-corrected chi connectivity index (χ1v) is 7.08. The minimum absolute atomic E-state index is 0.357. The number of aromatic nitrogens is 3. The third kappa shape index (κ3) is 3.13. The van der Waals surface area contributed by atoms with Gasteiger partial charge in [-0.3, -0.25) is 0 Å². The summed E-state index contributed by atoms with van der Waals surface area (Å²) in [7, 11) is -3.13. The van der Waals surface area contributed by atoms with Gasteiger partial charge in [0.15, 0.2) is 9.84 Å². The van der Waals surface area contributed by atoms with Crippen LogP contribution in [0.25, 0.3) is 0 Å². The summed E-state index contributed by atoms with van der Waals surface area (Å²) in [6.45, 7) is 0. The van der Waals surface area contributed by atoms with Crippen LogP contribution in [0.5, 0.6) is 0 Å². The lowest BCUT2D eigenvalue weighted by Crippen LogP contribution is -1.99. The Kier molecular flexibility index (Phi) is 3.23. The topological polar surface area (TPSA) is 75.7 Å². The number of aromatic amines is 1. The van der Waals surface area contributed by atoms with Gasteiger partial charge in [0, 0.05) is 6.26 Å². The first-order valence-electron chi connectivity index (χ1n) is 5.19. The van der Waals surface area contributed by atoms with Crippen molar-refractivity contribution in [2.24, 2.45) is 0 Å². The maximum absolute atomic E-state index is 11.4. The van der Waals surface area contributed by atoms with Crippen molar-refractivity contribution in [2.45, 2.75) is 17.7 Å². The second-order valence-electron chi connectivity index (χ2n) is 3.88. The van der Waals surface area contributed by atoms with E-state index in [1.165, 1.54) is 6.26 Å². The summed E-state index contributed by atoms with van der Waals surface area (Å²) in [6, 6.07) is 6.98. The van der Waals surface area contributed by atoms with Crippen LogP contribution in [0.15, 0.2) is 35.4 Å². The van der Waals surface area contributed by atoms with Crippen LogP contribution in [-0.4, -0.2) is 30.1 Å². The molecule has 0 aliphatic heterocycles. The van der Waals surface area contributed by atoms with Crippen LogP contribution in [0, 0.1) is 0 Å². The minimum Gasteiger partial charge on any atom is -0.224 e. The molecule has 2 aromatic rings. The molecule has 0 aliphatic carbocycles. The van der Waals surface area contributed by atoms with Crippen LogP contribution in [0.1, 0.15) is 11.3 Å². The van der Waals surface area contributed by atoms with Gasteiger partial charge in [-0.25, -0.2) is 8.42 Å². The molecule has 0 amide bonds. The molecular formula is C11H13N3O2S. The van der Waals surface area contributed by atoms with Crippen LogP contribution in [0.2, 0.25) is 0 Å². The maximum atomic E-state index is 11.4. The molecule has 1 aromatic carbocycles. The predicted octanol–water partition coefficient (Wildman–Crippen LogP) is 0.993. The number of rotatable bonds is 4. The minimum atomic E-state index is -3.13. The van der Waals surface area contributed by atoms with E-state index in [1.54, 1.807) is 24.4 Å². The maximum Gasteiger partial charge on any atom is 0.175 e. The Morgan fingerprint density at radius 3 is 2.76 bits per heavy atom. The van der Waals surface area contributed by atoms with Crippen molar-refractivity contribution >= 4 is 9.84 Å². The second-order valence-corrected chi connectivity index (χ2v) is 5.90. The van der Waals surface area contributed by atoms with Gasteiger partial charge in [-0.2, -0.15) is 15.4 Å². The lowest BCUT2D eigenvalue weighted by Gasteiger charge is -2.02. The van der Waals surface area contributed by atoms with Crippen molar-refractivity contribution in [1.82, 2.24) is 15.4 Å². The van der Waals surface area contributed by atoms with Crippen molar-refractivity contribution in [2.75, 3.05) is 6.26 Å². The molecule has 0 saturated heterocycles. The Morgan fingerprint density at radius 2 is 2.12 bits per heavy atom. The van der Waals surface area contributed by atoms with E-state index in [2.05, 4.69) is 15.4 Å². The zero-order chi connectivity index (χ0) is 12.3. The number of H-pyrrole nitrogens is 1. The van der Waals surface area contributed by atoms with Gasteiger partial charge in [-0.05, 0) is 30.5 Å². The third-order valence-corrected chi connectivity index (χ3v) is 3.57. The fourth-order valence-electron chi connectivity index (χ4n) is 1.55. The van der Waals surface area contributed by atoms with Gasteiger partial charge in [-0.1, -0.05) is 12.1 Å². The van der Waals surface area contributed by atoms with E-state index in [-0.39, 0.29) is 0 Å². The summed E-state index contributed by atoms with van der Waals surface area (Å²) in [4.78, 5) is 0.357. The lowest BCUT2D eigenvalue weighted by atomic mass is 10.1. The summed E-state index contributed by atoms with van der Waals surface area (Å²) >= 11 is 0. The zero-order valence-corrected chi connectivity index (χ0v) is 10.2.